The Morgan fingerprint density at radius 2 is 1.07 bits per heavy atom. The van der Waals surface area contributed by atoms with Crippen molar-refractivity contribution in [1.82, 2.24) is 9.80 Å². The van der Waals surface area contributed by atoms with Gasteiger partial charge in [0.25, 0.3) is 0 Å². The normalized spacial score (nSPS) is 39.4. The highest BCUT2D eigenvalue weighted by molar-refractivity contribution is 4.96. The molecule has 4 heterocycles. The largest absolute Gasteiger partial charge is 0.376 e. The van der Waals surface area contributed by atoms with Gasteiger partial charge in [-0.15, -0.1) is 0 Å². The van der Waals surface area contributed by atoms with Gasteiger partial charge < -0.3 is 19.3 Å². The van der Waals surface area contributed by atoms with E-state index < -0.39 is 0 Å². The number of likely N-dealkylation sites (tertiary alicyclic amines) is 2. The molecule has 28 heavy (non-hydrogen) atoms. The van der Waals surface area contributed by atoms with E-state index in [0.29, 0.717) is 10.8 Å². The molecule has 4 aliphatic rings. The fourth-order valence-corrected chi connectivity index (χ4v) is 7.15. The van der Waals surface area contributed by atoms with E-state index in [1.165, 1.54) is 90.6 Å². The second-order valence-corrected chi connectivity index (χ2v) is 11.8. The molecule has 0 saturated carbocycles. The third-order valence-corrected chi connectivity index (χ3v) is 8.07. The van der Waals surface area contributed by atoms with Gasteiger partial charge >= 0.3 is 0 Å². The van der Waals surface area contributed by atoms with Crippen LogP contribution in [0.15, 0.2) is 0 Å². The molecule has 162 valence electrons. The van der Waals surface area contributed by atoms with E-state index in [-0.39, 0.29) is 11.2 Å². The Labute approximate surface area is 173 Å². The SMILES string of the molecule is CC1(C)C[C@@]2(CCCN(CCN3CCC[C@@]4(CCOC(C)(C)C4)C3)C2)CCO1. The van der Waals surface area contributed by atoms with Crippen LogP contribution < -0.4 is 0 Å². The topological polar surface area (TPSA) is 24.9 Å². The summed E-state index contributed by atoms with van der Waals surface area (Å²) in [7, 11) is 0. The number of ether oxygens (including phenoxy) is 2. The highest BCUT2D eigenvalue weighted by atomic mass is 16.5. The minimum atomic E-state index is 0.0658. The van der Waals surface area contributed by atoms with E-state index >= 15 is 0 Å². The van der Waals surface area contributed by atoms with Gasteiger partial charge in [-0.05, 0) is 103 Å². The molecule has 4 rings (SSSR count). The fourth-order valence-electron chi connectivity index (χ4n) is 7.15. The molecule has 2 spiro atoms. The molecule has 0 radical (unpaired) electrons. The molecular formula is C24H44N2O2. The Morgan fingerprint density at radius 3 is 1.46 bits per heavy atom. The molecule has 0 unspecified atom stereocenters. The first-order valence-corrected chi connectivity index (χ1v) is 11.9. The van der Waals surface area contributed by atoms with Crippen LogP contribution in [0.4, 0.5) is 0 Å². The van der Waals surface area contributed by atoms with E-state index in [0.717, 1.165) is 13.2 Å². The molecule has 2 atom stereocenters. The van der Waals surface area contributed by atoms with Gasteiger partial charge in [0.1, 0.15) is 0 Å². The summed E-state index contributed by atoms with van der Waals surface area (Å²) in [5.41, 5.74) is 1.15. The van der Waals surface area contributed by atoms with Crippen LogP contribution in [0.1, 0.15) is 79.1 Å². The van der Waals surface area contributed by atoms with E-state index in [2.05, 4.69) is 37.5 Å². The molecule has 4 nitrogen and oxygen atoms in total. The van der Waals surface area contributed by atoms with Crippen LogP contribution in [0.3, 0.4) is 0 Å². The van der Waals surface area contributed by atoms with Crippen molar-refractivity contribution < 1.29 is 9.47 Å². The Hall–Kier alpha value is -0.160. The van der Waals surface area contributed by atoms with Gasteiger partial charge in [0.05, 0.1) is 11.2 Å². The first kappa shape index (κ1) is 21.1. The smallest absolute Gasteiger partial charge is 0.0632 e. The van der Waals surface area contributed by atoms with Crippen LogP contribution in [0.5, 0.6) is 0 Å². The third kappa shape index (κ3) is 4.94. The predicted molar refractivity (Wildman–Crippen MR) is 115 cm³/mol. The van der Waals surface area contributed by atoms with Gasteiger partial charge in [-0.1, -0.05) is 0 Å². The summed E-state index contributed by atoms with van der Waals surface area (Å²) in [6.07, 6.45) is 10.5. The van der Waals surface area contributed by atoms with Crippen molar-refractivity contribution in [2.75, 3.05) is 52.5 Å². The third-order valence-electron chi connectivity index (χ3n) is 8.07. The molecule has 0 aromatic carbocycles. The van der Waals surface area contributed by atoms with E-state index in [1.54, 1.807) is 0 Å². The first-order chi connectivity index (χ1) is 13.2. The molecule has 4 fully saturated rings. The Bertz CT molecular complexity index is 493. The summed E-state index contributed by atoms with van der Waals surface area (Å²) in [6, 6.07) is 0. The van der Waals surface area contributed by atoms with Crippen molar-refractivity contribution in [2.45, 2.75) is 90.3 Å². The molecule has 0 bridgehead atoms. The van der Waals surface area contributed by atoms with Crippen molar-refractivity contribution in [1.29, 1.82) is 0 Å². The zero-order valence-corrected chi connectivity index (χ0v) is 19.0. The summed E-state index contributed by atoms with van der Waals surface area (Å²) in [5.74, 6) is 0. The summed E-state index contributed by atoms with van der Waals surface area (Å²) in [5, 5.41) is 0. The molecule has 4 heteroatoms. The van der Waals surface area contributed by atoms with E-state index in [1.807, 2.05) is 0 Å². The van der Waals surface area contributed by atoms with Crippen LogP contribution in [0.25, 0.3) is 0 Å². The van der Waals surface area contributed by atoms with Gasteiger partial charge in [-0.2, -0.15) is 0 Å². The molecule has 0 aliphatic carbocycles. The van der Waals surface area contributed by atoms with Gasteiger partial charge in [0.15, 0.2) is 0 Å². The average molecular weight is 393 g/mol. The van der Waals surface area contributed by atoms with Gasteiger partial charge in [0.2, 0.25) is 0 Å². The predicted octanol–water partition coefficient (Wildman–Crippen LogP) is 4.33. The lowest BCUT2D eigenvalue weighted by Crippen LogP contribution is -2.54. The molecule has 4 saturated heterocycles. The zero-order chi connectivity index (χ0) is 19.9. The molecular weight excluding hydrogens is 348 g/mol. The Balaban J connectivity index is 1.30. The summed E-state index contributed by atoms with van der Waals surface area (Å²) < 4.78 is 12.1. The van der Waals surface area contributed by atoms with Crippen molar-refractivity contribution in [2.24, 2.45) is 10.8 Å². The summed E-state index contributed by atoms with van der Waals surface area (Å²) in [4.78, 5) is 5.56. The average Bonchev–Trinajstić information content (AvgIpc) is 2.58. The van der Waals surface area contributed by atoms with Crippen molar-refractivity contribution in [3.8, 4) is 0 Å². The molecule has 0 aromatic rings. The van der Waals surface area contributed by atoms with Crippen LogP contribution in [-0.4, -0.2) is 73.5 Å². The molecule has 4 aliphatic heterocycles. The lowest BCUT2D eigenvalue weighted by Gasteiger charge is -2.51. The maximum absolute atomic E-state index is 6.03. The zero-order valence-electron chi connectivity index (χ0n) is 19.0. The van der Waals surface area contributed by atoms with Gasteiger partial charge in [-0.3, -0.25) is 0 Å². The quantitative estimate of drug-likeness (QED) is 0.714. The number of hydrogen-bond acceptors (Lipinski definition) is 4. The standard InChI is InChI=1S/C24H44N2O2/c1-21(2)17-23(9-15-27-21)7-5-11-25(19-23)13-14-26-12-6-8-24(20-26)10-16-28-22(3,4)18-24/h5-20H2,1-4H3/t23-,24+. The minimum Gasteiger partial charge on any atom is -0.376 e. The van der Waals surface area contributed by atoms with E-state index in [9.17, 15) is 0 Å². The molecule has 0 amide bonds. The van der Waals surface area contributed by atoms with Crippen LogP contribution in [0, 0.1) is 10.8 Å². The van der Waals surface area contributed by atoms with E-state index in [4.69, 9.17) is 9.47 Å². The maximum atomic E-state index is 6.03. The number of rotatable bonds is 3. The van der Waals surface area contributed by atoms with Gasteiger partial charge in [-0.25, -0.2) is 0 Å². The summed E-state index contributed by atoms with van der Waals surface area (Å²) >= 11 is 0. The van der Waals surface area contributed by atoms with Crippen molar-refractivity contribution >= 4 is 0 Å². The van der Waals surface area contributed by atoms with Crippen LogP contribution in [0.2, 0.25) is 0 Å². The highest BCUT2D eigenvalue weighted by Gasteiger charge is 2.45. The van der Waals surface area contributed by atoms with Crippen LogP contribution in [-0.2, 0) is 9.47 Å². The van der Waals surface area contributed by atoms with Crippen molar-refractivity contribution in [3.63, 3.8) is 0 Å². The van der Waals surface area contributed by atoms with Gasteiger partial charge in [0, 0.05) is 39.4 Å². The monoisotopic (exact) mass is 392 g/mol. The number of piperidine rings is 2. The maximum Gasteiger partial charge on any atom is 0.0632 e. The molecule has 0 N–H and O–H groups in total. The second-order valence-electron chi connectivity index (χ2n) is 11.8. The van der Waals surface area contributed by atoms with Crippen molar-refractivity contribution in [3.05, 3.63) is 0 Å². The lowest BCUT2D eigenvalue weighted by molar-refractivity contribution is -0.127. The first-order valence-electron chi connectivity index (χ1n) is 11.9. The number of nitrogens with zero attached hydrogens (tertiary/aromatic N) is 2. The Morgan fingerprint density at radius 1 is 0.643 bits per heavy atom. The fraction of sp³-hybridized carbons (Fsp3) is 1.00. The second kappa shape index (κ2) is 7.83. The molecule has 0 aromatic heterocycles. The Kier molecular flexibility index (Phi) is 5.90. The lowest BCUT2D eigenvalue weighted by atomic mass is 9.69. The summed E-state index contributed by atoms with van der Waals surface area (Å²) in [6.45, 7) is 18.7. The highest BCUT2D eigenvalue weighted by Crippen LogP contribution is 2.46. The van der Waals surface area contributed by atoms with Crippen LogP contribution >= 0.6 is 0 Å². The minimum absolute atomic E-state index is 0.0658. The number of hydrogen-bond donors (Lipinski definition) is 0.